The Bertz CT molecular complexity index is 1260. The van der Waals surface area contributed by atoms with Crippen LogP contribution < -0.4 is 4.74 Å². The highest BCUT2D eigenvalue weighted by molar-refractivity contribution is 5.85. The lowest BCUT2D eigenvalue weighted by atomic mass is 9.88. The van der Waals surface area contributed by atoms with E-state index >= 15 is 8.78 Å². The van der Waals surface area contributed by atoms with Crippen molar-refractivity contribution in [2.45, 2.75) is 44.9 Å². The third-order valence-electron chi connectivity index (χ3n) is 7.55. The predicted molar refractivity (Wildman–Crippen MR) is 128 cm³/mol. The van der Waals surface area contributed by atoms with Crippen molar-refractivity contribution < 1.29 is 31.1 Å². The van der Waals surface area contributed by atoms with Crippen LogP contribution in [-0.4, -0.2) is 59.8 Å². The summed E-state index contributed by atoms with van der Waals surface area (Å²) in [5, 5.41) is 0.496. The molecule has 0 amide bonds. The largest absolute Gasteiger partial charge is 0.492 e. The Morgan fingerprint density at radius 2 is 1.76 bits per heavy atom. The van der Waals surface area contributed by atoms with Gasteiger partial charge >= 0.3 is 6.18 Å². The molecule has 200 valence electrons. The minimum absolute atomic E-state index is 0.0171. The van der Waals surface area contributed by atoms with Gasteiger partial charge in [-0.05, 0) is 43.0 Å². The zero-order valence-electron chi connectivity index (χ0n) is 20.6. The molecule has 5 rings (SSSR count). The Hall–Kier alpha value is -2.72. The molecule has 3 heterocycles. The first-order valence-corrected chi connectivity index (χ1v) is 12.5. The van der Waals surface area contributed by atoms with E-state index in [0.717, 1.165) is 36.5 Å². The minimum atomic E-state index is -4.59. The molecule has 2 aromatic carbocycles. The number of ether oxygens (including phenoxy) is 1. The second-order valence-electron chi connectivity index (χ2n) is 10.1. The van der Waals surface area contributed by atoms with Crippen molar-refractivity contribution in [2.24, 2.45) is 5.92 Å². The Labute approximate surface area is 211 Å². The van der Waals surface area contributed by atoms with Crippen LogP contribution in [0.1, 0.15) is 43.1 Å². The van der Waals surface area contributed by atoms with Crippen LogP contribution in [0.15, 0.2) is 30.3 Å². The number of hydrogen-bond acceptors (Lipinski definition) is 3. The van der Waals surface area contributed by atoms with Crippen LogP contribution in [0.4, 0.5) is 26.3 Å². The Morgan fingerprint density at radius 1 is 1.05 bits per heavy atom. The molecule has 0 saturated carbocycles. The van der Waals surface area contributed by atoms with Gasteiger partial charge in [0, 0.05) is 60.0 Å². The fraction of sp³-hybridized carbons (Fsp3) is 0.481. The summed E-state index contributed by atoms with van der Waals surface area (Å²) < 4.78 is 91.3. The van der Waals surface area contributed by atoms with Crippen molar-refractivity contribution in [2.75, 3.05) is 32.8 Å². The number of aromatic amines is 1. The fourth-order valence-corrected chi connectivity index (χ4v) is 5.61. The zero-order chi connectivity index (χ0) is 26.5. The Kier molecular flexibility index (Phi) is 6.91. The summed E-state index contributed by atoms with van der Waals surface area (Å²) in [5.41, 5.74) is 0.793. The smallest absolute Gasteiger partial charge is 0.401 e. The number of rotatable bonds is 7. The molecule has 1 saturated heterocycles. The maximum Gasteiger partial charge on any atom is 0.401 e. The molecule has 1 aromatic heterocycles. The molecule has 2 atom stereocenters. The van der Waals surface area contributed by atoms with Gasteiger partial charge in [0.05, 0.1) is 12.6 Å². The van der Waals surface area contributed by atoms with Gasteiger partial charge in [-0.2, -0.15) is 13.2 Å². The van der Waals surface area contributed by atoms with Gasteiger partial charge in [-0.3, -0.25) is 9.80 Å². The summed E-state index contributed by atoms with van der Waals surface area (Å²) in [6, 6.07) is 3.96. The molecule has 4 nitrogen and oxygen atoms in total. The van der Waals surface area contributed by atoms with E-state index in [2.05, 4.69) is 16.8 Å². The number of nitrogens with one attached hydrogen (secondary N) is 1. The van der Waals surface area contributed by atoms with Crippen LogP contribution in [0.25, 0.3) is 10.9 Å². The van der Waals surface area contributed by atoms with Crippen LogP contribution in [0.3, 0.4) is 0 Å². The van der Waals surface area contributed by atoms with E-state index in [1.807, 2.05) is 0 Å². The van der Waals surface area contributed by atoms with E-state index in [-0.39, 0.29) is 24.5 Å². The molecule has 1 N–H and O–H groups in total. The maximum absolute atomic E-state index is 15.5. The van der Waals surface area contributed by atoms with Crippen LogP contribution in [0.5, 0.6) is 5.75 Å². The molecule has 37 heavy (non-hydrogen) atoms. The molecule has 0 unspecified atom stereocenters. The van der Waals surface area contributed by atoms with Gasteiger partial charge in [0.1, 0.15) is 29.8 Å². The first kappa shape index (κ1) is 25.9. The van der Waals surface area contributed by atoms with Gasteiger partial charge in [0.15, 0.2) is 0 Å². The van der Waals surface area contributed by atoms with E-state index in [1.165, 1.54) is 18.2 Å². The average molecular weight is 526 g/mol. The summed E-state index contributed by atoms with van der Waals surface area (Å²) in [6.45, 7) is 5.15. The minimum Gasteiger partial charge on any atom is -0.492 e. The monoisotopic (exact) mass is 525 g/mol. The van der Waals surface area contributed by atoms with Gasteiger partial charge < -0.3 is 9.72 Å². The third-order valence-corrected chi connectivity index (χ3v) is 7.55. The van der Waals surface area contributed by atoms with Crippen molar-refractivity contribution in [1.82, 2.24) is 14.8 Å². The third kappa shape index (κ3) is 5.18. The van der Waals surface area contributed by atoms with Gasteiger partial charge in [0.2, 0.25) is 0 Å². The Balaban J connectivity index is 1.48. The van der Waals surface area contributed by atoms with E-state index in [1.54, 1.807) is 6.92 Å². The number of aromatic nitrogens is 1. The van der Waals surface area contributed by atoms with Crippen LogP contribution in [0, 0.1) is 23.4 Å². The molecule has 2 aliphatic heterocycles. The topological polar surface area (TPSA) is 31.5 Å². The first-order chi connectivity index (χ1) is 17.5. The standard InChI is InChI=1S/C27H29F6N3O/c1-3-16-12-35(13-16)6-7-37-18-10-21(29)24(22(30)11-18)26-25-20(8-15(2)36(26)14-27(31,32)33)19-9-17(28)4-5-23(19)34-25/h4-5,9-11,15-16,26,34H,3,6-8,12-14H2,1-2H3/t15-,26-/m1/s1. The van der Waals surface area contributed by atoms with Crippen molar-refractivity contribution in [3.63, 3.8) is 0 Å². The van der Waals surface area contributed by atoms with E-state index in [0.29, 0.717) is 28.9 Å². The summed E-state index contributed by atoms with van der Waals surface area (Å²) in [6.07, 6.45) is -3.32. The van der Waals surface area contributed by atoms with Gasteiger partial charge in [0.25, 0.3) is 0 Å². The molecular weight excluding hydrogens is 496 g/mol. The normalized spacial score (nSPS) is 21.3. The molecule has 0 aliphatic carbocycles. The zero-order valence-corrected chi connectivity index (χ0v) is 20.6. The molecule has 0 radical (unpaired) electrons. The van der Waals surface area contributed by atoms with Crippen LogP contribution in [-0.2, 0) is 6.42 Å². The number of likely N-dealkylation sites (tertiary alicyclic amines) is 1. The molecule has 1 fully saturated rings. The van der Waals surface area contributed by atoms with Crippen molar-refractivity contribution in [3.8, 4) is 5.75 Å². The van der Waals surface area contributed by atoms with Crippen molar-refractivity contribution in [3.05, 3.63) is 64.6 Å². The lowest BCUT2D eigenvalue weighted by Crippen LogP contribution is -2.47. The molecule has 2 aliphatic rings. The summed E-state index contributed by atoms with van der Waals surface area (Å²) in [5.74, 6) is -1.84. The SMILES string of the molecule is CCC1CN(CCOc2cc(F)c([C@@H]3c4[nH]c5ccc(F)cc5c4C[C@@H](C)N3CC(F)(F)F)c(F)c2)C1. The highest BCUT2D eigenvalue weighted by Crippen LogP contribution is 2.44. The van der Waals surface area contributed by atoms with Crippen LogP contribution >= 0.6 is 0 Å². The molecule has 0 bridgehead atoms. The molecule has 10 heteroatoms. The lowest BCUT2D eigenvalue weighted by molar-refractivity contribution is -0.155. The number of hydrogen-bond donors (Lipinski definition) is 1. The second-order valence-corrected chi connectivity index (χ2v) is 10.1. The van der Waals surface area contributed by atoms with E-state index in [4.69, 9.17) is 4.74 Å². The predicted octanol–water partition coefficient (Wildman–Crippen LogP) is 6.20. The number of halogens is 6. The number of fused-ring (bicyclic) bond motifs is 3. The molecule has 3 aromatic rings. The fourth-order valence-electron chi connectivity index (χ4n) is 5.61. The highest BCUT2D eigenvalue weighted by Gasteiger charge is 2.44. The van der Waals surface area contributed by atoms with Gasteiger partial charge in [-0.1, -0.05) is 13.3 Å². The van der Waals surface area contributed by atoms with Crippen molar-refractivity contribution >= 4 is 10.9 Å². The van der Waals surface area contributed by atoms with Gasteiger partial charge in [-0.15, -0.1) is 0 Å². The number of benzene rings is 2. The lowest BCUT2D eigenvalue weighted by Gasteiger charge is -2.41. The van der Waals surface area contributed by atoms with Crippen LogP contribution in [0.2, 0.25) is 0 Å². The number of alkyl halides is 3. The second kappa shape index (κ2) is 9.87. The van der Waals surface area contributed by atoms with Gasteiger partial charge in [-0.25, -0.2) is 13.2 Å². The number of nitrogens with zero attached hydrogens (tertiary/aromatic N) is 2. The van der Waals surface area contributed by atoms with Crippen molar-refractivity contribution in [1.29, 1.82) is 0 Å². The number of H-pyrrole nitrogens is 1. The van der Waals surface area contributed by atoms with E-state index < -0.39 is 47.8 Å². The highest BCUT2D eigenvalue weighted by atomic mass is 19.4. The maximum atomic E-state index is 15.5. The quantitative estimate of drug-likeness (QED) is 0.373. The summed E-state index contributed by atoms with van der Waals surface area (Å²) >= 11 is 0. The summed E-state index contributed by atoms with van der Waals surface area (Å²) in [7, 11) is 0. The average Bonchev–Trinajstić information content (AvgIpc) is 3.13. The first-order valence-electron chi connectivity index (χ1n) is 12.5. The molecule has 0 spiro atoms. The Morgan fingerprint density at radius 3 is 2.41 bits per heavy atom. The van der Waals surface area contributed by atoms with E-state index in [9.17, 15) is 17.6 Å². The summed E-state index contributed by atoms with van der Waals surface area (Å²) in [4.78, 5) is 6.25. The molecular formula is C27H29F6N3O.